The Morgan fingerprint density at radius 3 is 2.85 bits per heavy atom. The zero-order valence-electron chi connectivity index (χ0n) is 10.9. The molecule has 0 bridgehead atoms. The van der Waals surface area contributed by atoms with Gasteiger partial charge in [-0.25, -0.2) is 15.0 Å². The number of hydrogen-bond donors (Lipinski definition) is 1. The van der Waals surface area contributed by atoms with E-state index in [9.17, 15) is 0 Å². The van der Waals surface area contributed by atoms with Gasteiger partial charge in [-0.1, -0.05) is 12.1 Å². The van der Waals surface area contributed by atoms with Crippen LogP contribution >= 0.6 is 11.3 Å². The van der Waals surface area contributed by atoms with Crippen LogP contribution in [-0.2, 0) is 0 Å². The predicted octanol–water partition coefficient (Wildman–Crippen LogP) is 3.65. The second kappa shape index (κ2) is 4.83. The number of aromatic nitrogens is 3. The molecule has 1 fully saturated rings. The Morgan fingerprint density at radius 2 is 2.05 bits per heavy atom. The Bertz CT molecular complexity index is 716. The van der Waals surface area contributed by atoms with Gasteiger partial charge in [0.05, 0.1) is 11.6 Å². The zero-order chi connectivity index (χ0) is 13.4. The number of fused-ring (bicyclic) bond motifs is 1. The van der Waals surface area contributed by atoms with Gasteiger partial charge in [0.25, 0.3) is 0 Å². The van der Waals surface area contributed by atoms with Gasteiger partial charge < -0.3 is 5.32 Å². The van der Waals surface area contributed by atoms with Crippen LogP contribution < -0.4 is 5.32 Å². The van der Waals surface area contributed by atoms with Crippen LogP contribution in [-0.4, -0.2) is 15.0 Å². The summed E-state index contributed by atoms with van der Waals surface area (Å²) in [5, 5.41) is 7.83. The summed E-state index contributed by atoms with van der Waals surface area (Å²) in [6.45, 7) is 0. The highest BCUT2D eigenvalue weighted by Gasteiger charge is 2.34. The van der Waals surface area contributed by atoms with Crippen molar-refractivity contribution in [1.82, 2.24) is 15.0 Å². The zero-order valence-corrected chi connectivity index (χ0v) is 11.7. The molecule has 1 aliphatic rings. The van der Waals surface area contributed by atoms with Gasteiger partial charge in [0.2, 0.25) is 0 Å². The summed E-state index contributed by atoms with van der Waals surface area (Å²) in [5.41, 5.74) is 0.971. The Morgan fingerprint density at radius 1 is 1.15 bits per heavy atom. The topological polar surface area (TPSA) is 50.7 Å². The fraction of sp³-hybridized carbons (Fsp3) is 0.267. The molecule has 1 unspecified atom stereocenters. The molecule has 0 saturated heterocycles. The first-order valence-corrected chi connectivity index (χ1v) is 7.65. The fourth-order valence-corrected chi connectivity index (χ4v) is 3.25. The van der Waals surface area contributed by atoms with Gasteiger partial charge in [0.1, 0.15) is 17.2 Å². The van der Waals surface area contributed by atoms with E-state index >= 15 is 0 Å². The third-order valence-corrected chi connectivity index (χ3v) is 4.50. The molecule has 20 heavy (non-hydrogen) atoms. The molecule has 4 nitrogen and oxygen atoms in total. The normalized spacial score (nSPS) is 16.2. The standard InChI is InChI=1S/C15H14N4S/c1-2-4-12-11(3-1)14(18-9-17-12)19-13(10-5-6-10)15-16-7-8-20-15/h1-4,7-10,13H,5-6H2,(H,17,18,19). The molecule has 100 valence electrons. The van der Waals surface area contributed by atoms with Crippen molar-refractivity contribution in [3.63, 3.8) is 0 Å². The van der Waals surface area contributed by atoms with E-state index in [2.05, 4.69) is 26.3 Å². The molecule has 0 aliphatic heterocycles. The third kappa shape index (κ3) is 2.14. The van der Waals surface area contributed by atoms with E-state index in [4.69, 9.17) is 0 Å². The maximum atomic E-state index is 4.47. The first-order chi connectivity index (χ1) is 9.92. The number of hydrogen-bond acceptors (Lipinski definition) is 5. The van der Waals surface area contributed by atoms with Gasteiger partial charge in [-0.15, -0.1) is 11.3 Å². The van der Waals surface area contributed by atoms with Crippen LogP contribution in [0.5, 0.6) is 0 Å². The number of nitrogens with zero attached hydrogens (tertiary/aromatic N) is 3. The summed E-state index contributed by atoms with van der Waals surface area (Å²) in [4.78, 5) is 13.2. The van der Waals surface area contributed by atoms with E-state index in [0.717, 1.165) is 21.7 Å². The first kappa shape index (κ1) is 11.8. The van der Waals surface area contributed by atoms with Gasteiger partial charge >= 0.3 is 0 Å². The Hall–Kier alpha value is -2.01. The highest BCUT2D eigenvalue weighted by atomic mass is 32.1. The number of para-hydroxylation sites is 1. The summed E-state index contributed by atoms with van der Waals surface area (Å²) < 4.78 is 0. The quantitative estimate of drug-likeness (QED) is 0.793. The number of anilines is 1. The molecule has 0 spiro atoms. The van der Waals surface area contributed by atoms with E-state index < -0.39 is 0 Å². The average molecular weight is 282 g/mol. The van der Waals surface area contributed by atoms with Crippen molar-refractivity contribution in [1.29, 1.82) is 0 Å². The minimum absolute atomic E-state index is 0.272. The monoisotopic (exact) mass is 282 g/mol. The molecule has 0 radical (unpaired) electrons. The Balaban J connectivity index is 1.72. The average Bonchev–Trinajstić information content (AvgIpc) is 3.19. The molecule has 3 aromatic rings. The molecular weight excluding hydrogens is 268 g/mol. The van der Waals surface area contributed by atoms with Gasteiger partial charge in [0, 0.05) is 17.0 Å². The van der Waals surface area contributed by atoms with Crippen molar-refractivity contribution in [2.75, 3.05) is 5.32 Å². The summed E-state index contributed by atoms with van der Waals surface area (Å²) in [7, 11) is 0. The van der Waals surface area contributed by atoms with Crippen molar-refractivity contribution >= 4 is 28.1 Å². The Labute approximate surface area is 120 Å². The van der Waals surface area contributed by atoms with Crippen molar-refractivity contribution < 1.29 is 0 Å². The highest BCUT2D eigenvalue weighted by molar-refractivity contribution is 7.09. The lowest BCUT2D eigenvalue weighted by Gasteiger charge is -2.17. The number of benzene rings is 1. The van der Waals surface area contributed by atoms with Crippen LogP contribution in [0.3, 0.4) is 0 Å². The van der Waals surface area contributed by atoms with E-state index in [0.29, 0.717) is 5.92 Å². The molecule has 2 aromatic heterocycles. The first-order valence-electron chi connectivity index (χ1n) is 6.77. The van der Waals surface area contributed by atoms with E-state index in [1.54, 1.807) is 17.7 Å². The summed E-state index contributed by atoms with van der Waals surface area (Å²) in [5.74, 6) is 1.58. The van der Waals surface area contributed by atoms with Crippen molar-refractivity contribution in [2.24, 2.45) is 5.92 Å². The van der Waals surface area contributed by atoms with Crippen molar-refractivity contribution in [3.8, 4) is 0 Å². The molecule has 0 amide bonds. The fourth-order valence-electron chi connectivity index (χ4n) is 2.47. The van der Waals surface area contributed by atoms with Gasteiger partial charge in [-0.3, -0.25) is 0 Å². The second-order valence-corrected chi connectivity index (χ2v) is 6.00. The van der Waals surface area contributed by atoms with Gasteiger partial charge in [-0.2, -0.15) is 0 Å². The molecule has 1 aliphatic carbocycles. The van der Waals surface area contributed by atoms with Gasteiger partial charge in [-0.05, 0) is 30.9 Å². The number of rotatable bonds is 4. The molecule has 1 N–H and O–H groups in total. The van der Waals surface area contributed by atoms with E-state index in [1.807, 2.05) is 29.8 Å². The number of thiazole rings is 1. The summed E-state index contributed by atoms with van der Waals surface area (Å²) >= 11 is 1.71. The van der Waals surface area contributed by atoms with Crippen molar-refractivity contribution in [3.05, 3.63) is 47.2 Å². The lowest BCUT2D eigenvalue weighted by atomic mass is 10.1. The lowest BCUT2D eigenvalue weighted by molar-refractivity contribution is 0.671. The molecule has 2 heterocycles. The largest absolute Gasteiger partial charge is 0.360 e. The lowest BCUT2D eigenvalue weighted by Crippen LogP contribution is -2.14. The molecule has 1 aromatic carbocycles. The maximum absolute atomic E-state index is 4.47. The second-order valence-electron chi connectivity index (χ2n) is 5.07. The molecular formula is C15H14N4S. The minimum Gasteiger partial charge on any atom is -0.360 e. The van der Waals surface area contributed by atoms with Crippen LogP contribution in [0.4, 0.5) is 5.82 Å². The highest BCUT2D eigenvalue weighted by Crippen LogP contribution is 2.43. The van der Waals surface area contributed by atoms with Crippen LogP contribution in [0.15, 0.2) is 42.2 Å². The smallest absolute Gasteiger partial charge is 0.137 e. The Kier molecular flexibility index (Phi) is 2.85. The predicted molar refractivity (Wildman–Crippen MR) is 80.7 cm³/mol. The number of nitrogens with one attached hydrogen (secondary N) is 1. The van der Waals surface area contributed by atoms with Gasteiger partial charge in [0.15, 0.2) is 0 Å². The van der Waals surface area contributed by atoms with Crippen molar-refractivity contribution in [2.45, 2.75) is 18.9 Å². The SMILES string of the molecule is c1ccc2c(NC(c3nccs3)C3CC3)ncnc2c1. The van der Waals surface area contributed by atoms with Crippen LogP contribution in [0, 0.1) is 5.92 Å². The molecule has 5 heteroatoms. The summed E-state index contributed by atoms with van der Waals surface area (Å²) in [6, 6.07) is 8.36. The van der Waals surface area contributed by atoms with E-state index in [-0.39, 0.29) is 6.04 Å². The third-order valence-electron chi connectivity index (χ3n) is 3.65. The minimum atomic E-state index is 0.272. The van der Waals surface area contributed by atoms with Crippen LogP contribution in [0.25, 0.3) is 10.9 Å². The van der Waals surface area contributed by atoms with Crippen LogP contribution in [0.2, 0.25) is 0 Å². The molecule has 1 saturated carbocycles. The van der Waals surface area contributed by atoms with E-state index in [1.165, 1.54) is 12.8 Å². The maximum Gasteiger partial charge on any atom is 0.137 e. The van der Waals surface area contributed by atoms with Crippen LogP contribution in [0.1, 0.15) is 23.9 Å². The molecule has 4 rings (SSSR count). The summed E-state index contributed by atoms with van der Waals surface area (Å²) in [6.07, 6.45) is 6.02. The molecule has 1 atom stereocenters.